The van der Waals surface area contributed by atoms with Gasteiger partial charge < -0.3 is 14.6 Å². The zero-order chi connectivity index (χ0) is 15.3. The van der Waals surface area contributed by atoms with Gasteiger partial charge >= 0.3 is 0 Å². The van der Waals surface area contributed by atoms with Crippen molar-refractivity contribution in [2.75, 3.05) is 26.9 Å². The number of hydrogen-bond donors (Lipinski definition) is 2. The summed E-state index contributed by atoms with van der Waals surface area (Å²) in [5.41, 5.74) is 0.449. The van der Waals surface area contributed by atoms with E-state index in [2.05, 4.69) is 4.72 Å². The van der Waals surface area contributed by atoms with Crippen molar-refractivity contribution in [1.29, 1.82) is 0 Å². The lowest BCUT2D eigenvalue weighted by Crippen LogP contribution is -2.26. The Bertz CT molecular complexity index is 567. The van der Waals surface area contributed by atoms with Crippen molar-refractivity contribution in [3.8, 4) is 5.75 Å². The number of aliphatic hydroxyl groups is 1. The molecule has 0 amide bonds. The first-order valence-corrected chi connectivity index (χ1v) is 8.40. The number of aliphatic hydroxyl groups excluding tert-OH is 1. The number of benzene rings is 1. The maximum atomic E-state index is 12.2. The van der Waals surface area contributed by atoms with Crippen LogP contribution in [0.3, 0.4) is 0 Å². The highest BCUT2D eigenvalue weighted by Gasteiger charge is 2.19. The maximum Gasteiger partial charge on any atom is 0.240 e. The molecule has 2 N–H and O–H groups in total. The van der Waals surface area contributed by atoms with Gasteiger partial charge in [0.1, 0.15) is 5.75 Å². The summed E-state index contributed by atoms with van der Waals surface area (Å²) in [6, 6.07) is 4.45. The van der Waals surface area contributed by atoms with Crippen LogP contribution in [0.1, 0.15) is 18.4 Å². The largest absolute Gasteiger partial charge is 0.496 e. The van der Waals surface area contributed by atoms with Crippen LogP contribution in [-0.4, -0.2) is 40.4 Å². The van der Waals surface area contributed by atoms with E-state index in [1.807, 2.05) is 0 Å². The van der Waals surface area contributed by atoms with Crippen LogP contribution < -0.4 is 9.46 Å². The van der Waals surface area contributed by atoms with Crippen LogP contribution >= 0.6 is 0 Å². The van der Waals surface area contributed by atoms with Crippen LogP contribution in [0.4, 0.5) is 0 Å². The van der Waals surface area contributed by atoms with Crippen LogP contribution in [0.2, 0.25) is 0 Å². The van der Waals surface area contributed by atoms with Gasteiger partial charge in [-0.15, -0.1) is 0 Å². The molecule has 21 heavy (non-hydrogen) atoms. The number of nitrogens with one attached hydrogen (secondary N) is 1. The molecule has 0 aliphatic carbocycles. The average Bonchev–Trinajstić information content (AvgIpc) is 2.99. The molecule has 0 spiro atoms. The second-order valence-corrected chi connectivity index (χ2v) is 6.81. The molecule has 7 heteroatoms. The summed E-state index contributed by atoms with van der Waals surface area (Å²) in [5.74, 6) is 0.899. The quantitative estimate of drug-likeness (QED) is 0.780. The van der Waals surface area contributed by atoms with Gasteiger partial charge in [0.2, 0.25) is 10.0 Å². The van der Waals surface area contributed by atoms with Crippen molar-refractivity contribution in [2.24, 2.45) is 5.92 Å². The zero-order valence-electron chi connectivity index (χ0n) is 12.0. The molecule has 2 rings (SSSR count). The molecular weight excluding hydrogens is 294 g/mol. The number of rotatable bonds is 7. The first kappa shape index (κ1) is 16.2. The standard InChI is InChI=1S/C14H21NO5S/c1-19-14-3-2-13(8-12(14)9-16)21(17,18)15-6-4-11-5-7-20-10-11/h2-3,8,11,15-16H,4-7,9-10H2,1H3. The predicted octanol–water partition coefficient (Wildman–Crippen LogP) is 0.892. The summed E-state index contributed by atoms with van der Waals surface area (Å²) in [7, 11) is -2.09. The van der Waals surface area contributed by atoms with Crippen molar-refractivity contribution in [3.05, 3.63) is 23.8 Å². The Morgan fingerprint density at radius 3 is 2.90 bits per heavy atom. The molecule has 1 aliphatic heterocycles. The Morgan fingerprint density at radius 1 is 1.48 bits per heavy atom. The number of hydrogen-bond acceptors (Lipinski definition) is 5. The summed E-state index contributed by atoms with van der Waals surface area (Å²) < 4.78 is 37.3. The van der Waals surface area contributed by atoms with Crippen LogP contribution in [0.5, 0.6) is 5.75 Å². The van der Waals surface area contributed by atoms with Crippen molar-refractivity contribution in [2.45, 2.75) is 24.3 Å². The van der Waals surface area contributed by atoms with E-state index >= 15 is 0 Å². The fourth-order valence-corrected chi connectivity index (χ4v) is 3.44. The van der Waals surface area contributed by atoms with E-state index in [4.69, 9.17) is 9.47 Å². The number of ether oxygens (including phenoxy) is 2. The molecule has 118 valence electrons. The summed E-state index contributed by atoms with van der Waals surface area (Å²) in [6.45, 7) is 1.58. The molecule has 1 aromatic carbocycles. The van der Waals surface area contributed by atoms with E-state index in [0.29, 0.717) is 30.4 Å². The first-order valence-electron chi connectivity index (χ1n) is 6.92. The second kappa shape index (κ2) is 7.22. The topological polar surface area (TPSA) is 84.9 Å². The summed E-state index contributed by atoms with van der Waals surface area (Å²) in [4.78, 5) is 0.134. The first-order chi connectivity index (χ1) is 10.1. The summed E-state index contributed by atoms with van der Waals surface area (Å²) >= 11 is 0. The van der Waals surface area contributed by atoms with E-state index in [9.17, 15) is 13.5 Å². The van der Waals surface area contributed by atoms with Gasteiger partial charge in [0.25, 0.3) is 0 Å². The minimum Gasteiger partial charge on any atom is -0.496 e. The molecule has 0 bridgehead atoms. The molecule has 1 aromatic rings. The lowest BCUT2D eigenvalue weighted by molar-refractivity contribution is 0.184. The highest BCUT2D eigenvalue weighted by molar-refractivity contribution is 7.89. The fourth-order valence-electron chi connectivity index (χ4n) is 2.34. The molecule has 1 aliphatic rings. The van der Waals surface area contributed by atoms with Gasteiger partial charge in [-0.2, -0.15) is 0 Å². The molecule has 1 fully saturated rings. The molecule has 1 atom stereocenters. The number of methoxy groups -OCH3 is 1. The predicted molar refractivity (Wildman–Crippen MR) is 77.6 cm³/mol. The van der Waals surface area contributed by atoms with E-state index in [-0.39, 0.29) is 11.5 Å². The minimum atomic E-state index is -3.57. The van der Waals surface area contributed by atoms with Crippen LogP contribution in [0, 0.1) is 5.92 Å². The van der Waals surface area contributed by atoms with Crippen molar-refractivity contribution >= 4 is 10.0 Å². The van der Waals surface area contributed by atoms with Crippen LogP contribution in [0.25, 0.3) is 0 Å². The van der Waals surface area contributed by atoms with Gasteiger partial charge in [0.15, 0.2) is 0 Å². The van der Waals surface area contributed by atoms with E-state index in [0.717, 1.165) is 19.4 Å². The fraction of sp³-hybridized carbons (Fsp3) is 0.571. The molecule has 0 radical (unpaired) electrons. The molecule has 6 nitrogen and oxygen atoms in total. The summed E-state index contributed by atoms with van der Waals surface area (Å²) in [6.07, 6.45) is 1.75. The maximum absolute atomic E-state index is 12.2. The number of sulfonamides is 1. The third-order valence-electron chi connectivity index (χ3n) is 3.60. The Morgan fingerprint density at radius 2 is 2.29 bits per heavy atom. The monoisotopic (exact) mass is 315 g/mol. The SMILES string of the molecule is COc1ccc(S(=O)(=O)NCCC2CCOC2)cc1CO. The Labute approximate surface area is 125 Å². The third-order valence-corrected chi connectivity index (χ3v) is 5.06. The van der Waals surface area contributed by atoms with Gasteiger partial charge in [-0.05, 0) is 37.0 Å². The smallest absolute Gasteiger partial charge is 0.240 e. The van der Waals surface area contributed by atoms with Gasteiger partial charge in [-0.3, -0.25) is 0 Å². The Hall–Kier alpha value is -1.15. The van der Waals surface area contributed by atoms with E-state index in [1.165, 1.54) is 19.2 Å². The highest BCUT2D eigenvalue weighted by Crippen LogP contribution is 2.22. The lowest BCUT2D eigenvalue weighted by atomic mass is 10.1. The third kappa shape index (κ3) is 4.16. The van der Waals surface area contributed by atoms with Crippen molar-refractivity contribution in [3.63, 3.8) is 0 Å². The molecule has 1 unspecified atom stereocenters. The average molecular weight is 315 g/mol. The molecule has 0 saturated carbocycles. The zero-order valence-corrected chi connectivity index (χ0v) is 12.9. The van der Waals surface area contributed by atoms with Gasteiger partial charge in [-0.25, -0.2) is 13.1 Å². The van der Waals surface area contributed by atoms with Gasteiger partial charge in [0.05, 0.1) is 18.6 Å². The summed E-state index contributed by atoms with van der Waals surface area (Å²) in [5, 5.41) is 9.25. The van der Waals surface area contributed by atoms with E-state index < -0.39 is 10.0 Å². The van der Waals surface area contributed by atoms with E-state index in [1.54, 1.807) is 6.07 Å². The minimum absolute atomic E-state index is 0.134. The Kier molecular flexibility index (Phi) is 5.58. The molecule has 1 heterocycles. The molecule has 1 saturated heterocycles. The molecular formula is C14H21NO5S. The second-order valence-electron chi connectivity index (χ2n) is 5.05. The Balaban J connectivity index is 2.01. The lowest BCUT2D eigenvalue weighted by Gasteiger charge is -2.12. The normalized spacial score (nSPS) is 18.9. The van der Waals surface area contributed by atoms with Gasteiger partial charge in [-0.1, -0.05) is 0 Å². The molecule has 0 aromatic heterocycles. The van der Waals surface area contributed by atoms with Gasteiger partial charge in [0, 0.05) is 25.3 Å². The van der Waals surface area contributed by atoms with Crippen molar-refractivity contribution in [1.82, 2.24) is 4.72 Å². The highest BCUT2D eigenvalue weighted by atomic mass is 32.2. The van der Waals surface area contributed by atoms with Crippen LogP contribution in [-0.2, 0) is 21.4 Å². The van der Waals surface area contributed by atoms with Crippen molar-refractivity contribution < 1.29 is 23.0 Å². The van der Waals surface area contributed by atoms with Crippen LogP contribution in [0.15, 0.2) is 23.1 Å².